The van der Waals surface area contributed by atoms with Gasteiger partial charge in [0.2, 0.25) is 0 Å². The molecule has 0 aromatic carbocycles. The van der Waals surface area contributed by atoms with Gasteiger partial charge in [0.1, 0.15) is 11.5 Å². The van der Waals surface area contributed by atoms with Crippen molar-refractivity contribution in [1.82, 2.24) is 15.5 Å². The van der Waals surface area contributed by atoms with E-state index in [9.17, 15) is 0 Å². The third kappa shape index (κ3) is 1.97. The maximum Gasteiger partial charge on any atom is 0.137 e. The standard InChI is InChI=1S/C14H19N3O/c1-9-5-6-12(18-9)13-10(2)16-17-14(13)11-4-3-7-15-8-11/h5-6,11,15H,3-4,7-8H2,1-2H3,(H,16,17). The maximum atomic E-state index is 5.76. The lowest BCUT2D eigenvalue weighted by Crippen LogP contribution is -2.28. The summed E-state index contributed by atoms with van der Waals surface area (Å²) in [7, 11) is 0. The Balaban J connectivity index is 2.00. The van der Waals surface area contributed by atoms with Gasteiger partial charge < -0.3 is 9.73 Å². The maximum absolute atomic E-state index is 5.76. The molecule has 4 heteroatoms. The van der Waals surface area contributed by atoms with Crippen molar-refractivity contribution in [2.24, 2.45) is 0 Å². The molecule has 0 radical (unpaired) electrons. The van der Waals surface area contributed by atoms with E-state index in [4.69, 9.17) is 4.42 Å². The van der Waals surface area contributed by atoms with E-state index < -0.39 is 0 Å². The Kier molecular flexibility index (Phi) is 2.96. The number of H-pyrrole nitrogens is 1. The first-order valence-corrected chi connectivity index (χ1v) is 6.58. The largest absolute Gasteiger partial charge is 0.461 e. The van der Waals surface area contributed by atoms with Crippen molar-refractivity contribution in [2.75, 3.05) is 13.1 Å². The van der Waals surface area contributed by atoms with Gasteiger partial charge in [-0.15, -0.1) is 0 Å². The second-order valence-electron chi connectivity index (χ2n) is 5.06. The third-order valence-corrected chi connectivity index (χ3v) is 3.65. The Bertz CT molecular complexity index is 535. The van der Waals surface area contributed by atoms with Gasteiger partial charge in [0.15, 0.2) is 0 Å². The second-order valence-corrected chi connectivity index (χ2v) is 5.06. The molecule has 3 heterocycles. The molecule has 1 aliphatic rings. The van der Waals surface area contributed by atoms with E-state index >= 15 is 0 Å². The molecule has 0 bridgehead atoms. The van der Waals surface area contributed by atoms with Crippen LogP contribution in [0.2, 0.25) is 0 Å². The predicted molar refractivity (Wildman–Crippen MR) is 70.6 cm³/mol. The number of nitrogens with zero attached hydrogens (tertiary/aromatic N) is 1. The van der Waals surface area contributed by atoms with Crippen molar-refractivity contribution in [2.45, 2.75) is 32.6 Å². The predicted octanol–water partition coefficient (Wildman–Crippen LogP) is 2.75. The number of aromatic nitrogens is 2. The van der Waals surface area contributed by atoms with Crippen LogP contribution in [0.5, 0.6) is 0 Å². The average Bonchev–Trinajstić information content (AvgIpc) is 2.96. The Morgan fingerprint density at radius 3 is 2.89 bits per heavy atom. The number of furan rings is 1. The van der Waals surface area contributed by atoms with E-state index in [1.54, 1.807) is 0 Å². The molecule has 4 nitrogen and oxygen atoms in total. The van der Waals surface area contributed by atoms with Gasteiger partial charge in [-0.3, -0.25) is 5.10 Å². The minimum atomic E-state index is 0.490. The van der Waals surface area contributed by atoms with E-state index in [0.717, 1.165) is 41.6 Å². The molecular weight excluding hydrogens is 226 g/mol. The van der Waals surface area contributed by atoms with Gasteiger partial charge in [-0.05, 0) is 45.4 Å². The van der Waals surface area contributed by atoms with Crippen molar-refractivity contribution in [3.63, 3.8) is 0 Å². The van der Waals surface area contributed by atoms with E-state index in [-0.39, 0.29) is 0 Å². The van der Waals surface area contributed by atoms with Crippen LogP contribution >= 0.6 is 0 Å². The Hall–Kier alpha value is -1.55. The number of hydrogen-bond donors (Lipinski definition) is 2. The molecule has 18 heavy (non-hydrogen) atoms. The topological polar surface area (TPSA) is 53.9 Å². The highest BCUT2D eigenvalue weighted by Gasteiger charge is 2.24. The van der Waals surface area contributed by atoms with Crippen LogP contribution in [0, 0.1) is 13.8 Å². The number of aryl methyl sites for hydroxylation is 2. The van der Waals surface area contributed by atoms with Crippen LogP contribution in [-0.4, -0.2) is 23.3 Å². The minimum Gasteiger partial charge on any atom is -0.461 e. The molecule has 0 spiro atoms. The highest BCUT2D eigenvalue weighted by Crippen LogP contribution is 2.34. The molecule has 2 aromatic heterocycles. The first-order chi connectivity index (χ1) is 8.75. The molecule has 2 aromatic rings. The fourth-order valence-electron chi connectivity index (χ4n) is 2.71. The van der Waals surface area contributed by atoms with Gasteiger partial charge in [0, 0.05) is 18.2 Å². The zero-order valence-corrected chi connectivity index (χ0v) is 10.9. The molecule has 1 aliphatic heterocycles. The fraction of sp³-hybridized carbons (Fsp3) is 0.500. The summed E-state index contributed by atoms with van der Waals surface area (Å²) < 4.78 is 5.76. The van der Waals surface area contributed by atoms with Crippen molar-refractivity contribution in [3.05, 3.63) is 29.3 Å². The third-order valence-electron chi connectivity index (χ3n) is 3.65. The second kappa shape index (κ2) is 4.61. The Morgan fingerprint density at radius 2 is 2.22 bits per heavy atom. The summed E-state index contributed by atoms with van der Waals surface area (Å²) in [6.07, 6.45) is 2.41. The van der Waals surface area contributed by atoms with E-state index in [1.807, 2.05) is 19.1 Å². The molecule has 1 saturated heterocycles. The molecule has 96 valence electrons. The van der Waals surface area contributed by atoms with Crippen LogP contribution in [0.25, 0.3) is 11.3 Å². The summed E-state index contributed by atoms with van der Waals surface area (Å²) in [4.78, 5) is 0. The van der Waals surface area contributed by atoms with Gasteiger partial charge >= 0.3 is 0 Å². The summed E-state index contributed by atoms with van der Waals surface area (Å²) in [5.41, 5.74) is 3.38. The molecule has 1 fully saturated rings. The molecule has 3 rings (SSSR count). The van der Waals surface area contributed by atoms with E-state index in [2.05, 4.69) is 22.4 Å². The lowest BCUT2D eigenvalue weighted by molar-refractivity contribution is 0.453. The number of aromatic amines is 1. The summed E-state index contributed by atoms with van der Waals surface area (Å²) in [5, 5.41) is 11.0. The first kappa shape index (κ1) is 11.5. The zero-order valence-electron chi connectivity index (χ0n) is 10.9. The summed E-state index contributed by atoms with van der Waals surface area (Å²) >= 11 is 0. The normalized spacial score (nSPS) is 20.2. The van der Waals surface area contributed by atoms with E-state index in [1.165, 1.54) is 12.8 Å². The van der Waals surface area contributed by atoms with Crippen LogP contribution in [0.1, 0.15) is 35.9 Å². The molecule has 1 unspecified atom stereocenters. The van der Waals surface area contributed by atoms with Crippen LogP contribution < -0.4 is 5.32 Å². The van der Waals surface area contributed by atoms with Gasteiger partial charge in [-0.1, -0.05) is 0 Å². The van der Waals surface area contributed by atoms with Crippen molar-refractivity contribution in [3.8, 4) is 11.3 Å². The van der Waals surface area contributed by atoms with Crippen molar-refractivity contribution < 1.29 is 4.42 Å². The van der Waals surface area contributed by atoms with Crippen molar-refractivity contribution in [1.29, 1.82) is 0 Å². The van der Waals surface area contributed by atoms with Gasteiger partial charge in [0.05, 0.1) is 11.3 Å². The molecular formula is C14H19N3O. The highest BCUT2D eigenvalue weighted by molar-refractivity contribution is 5.64. The van der Waals surface area contributed by atoms with Crippen molar-refractivity contribution >= 4 is 0 Å². The minimum absolute atomic E-state index is 0.490. The SMILES string of the molecule is Cc1ccc(-c2c(C3CCCNC3)n[nH]c2C)o1. The highest BCUT2D eigenvalue weighted by atomic mass is 16.3. The van der Waals surface area contributed by atoms with Crippen LogP contribution in [-0.2, 0) is 0 Å². The molecule has 0 aliphatic carbocycles. The Labute approximate surface area is 107 Å². The Morgan fingerprint density at radius 1 is 1.33 bits per heavy atom. The molecule has 0 amide bonds. The lowest BCUT2D eigenvalue weighted by Gasteiger charge is -2.21. The molecule has 2 N–H and O–H groups in total. The number of piperidine rings is 1. The summed E-state index contributed by atoms with van der Waals surface area (Å²) in [6.45, 7) is 6.16. The van der Waals surface area contributed by atoms with E-state index in [0.29, 0.717) is 5.92 Å². The molecule has 0 saturated carbocycles. The first-order valence-electron chi connectivity index (χ1n) is 6.58. The monoisotopic (exact) mass is 245 g/mol. The van der Waals surface area contributed by atoms with Gasteiger partial charge in [0.25, 0.3) is 0 Å². The van der Waals surface area contributed by atoms with Crippen LogP contribution in [0.3, 0.4) is 0 Å². The van der Waals surface area contributed by atoms with Gasteiger partial charge in [-0.25, -0.2) is 0 Å². The fourth-order valence-corrected chi connectivity index (χ4v) is 2.71. The lowest BCUT2D eigenvalue weighted by atomic mass is 9.92. The molecule has 1 atom stereocenters. The number of nitrogens with one attached hydrogen (secondary N) is 2. The summed E-state index contributed by atoms with van der Waals surface area (Å²) in [6, 6.07) is 4.04. The zero-order chi connectivity index (χ0) is 12.5. The summed E-state index contributed by atoms with van der Waals surface area (Å²) in [5.74, 6) is 2.36. The van der Waals surface area contributed by atoms with Gasteiger partial charge in [-0.2, -0.15) is 5.10 Å². The average molecular weight is 245 g/mol. The quantitative estimate of drug-likeness (QED) is 0.855. The number of rotatable bonds is 2. The number of hydrogen-bond acceptors (Lipinski definition) is 3. The van der Waals surface area contributed by atoms with Crippen LogP contribution in [0.4, 0.5) is 0 Å². The smallest absolute Gasteiger partial charge is 0.137 e. The van der Waals surface area contributed by atoms with Crippen LogP contribution in [0.15, 0.2) is 16.5 Å².